The third-order valence-electron chi connectivity index (χ3n) is 7.47. The number of anilines is 1. The molecule has 0 saturated carbocycles. The number of sulfonamides is 1. The van der Waals surface area contributed by atoms with E-state index in [-0.39, 0.29) is 17.9 Å². The maximum atomic E-state index is 14.5. The van der Waals surface area contributed by atoms with Crippen LogP contribution in [0.4, 0.5) is 18.9 Å². The number of hydrogen-bond donors (Lipinski definition) is 1. The topological polar surface area (TPSA) is 86.8 Å². The van der Waals surface area contributed by atoms with E-state index in [1.807, 2.05) is 0 Å². The van der Waals surface area contributed by atoms with E-state index in [1.54, 1.807) is 82.3 Å². The second-order valence-corrected chi connectivity index (χ2v) is 15.3. The molecule has 0 heterocycles. The van der Waals surface area contributed by atoms with E-state index >= 15 is 0 Å². The van der Waals surface area contributed by atoms with Gasteiger partial charge in [0.2, 0.25) is 11.8 Å². The zero-order chi connectivity index (χ0) is 36.1. The highest BCUT2D eigenvalue weighted by atomic mass is 35.5. The van der Waals surface area contributed by atoms with Gasteiger partial charge in [0, 0.05) is 23.5 Å². The van der Waals surface area contributed by atoms with Crippen molar-refractivity contribution in [3.05, 3.63) is 129 Å². The minimum Gasteiger partial charge on any atom is -0.350 e. The molecule has 0 bridgehead atoms. The number of nitrogens with one attached hydrogen (secondary N) is 1. The molecule has 0 aliphatic heterocycles. The molecule has 4 aromatic carbocycles. The first-order valence-electron chi connectivity index (χ1n) is 15.2. The lowest BCUT2D eigenvalue weighted by Gasteiger charge is -2.35. The van der Waals surface area contributed by atoms with Crippen LogP contribution in [0.15, 0.2) is 102 Å². The van der Waals surface area contributed by atoms with E-state index < -0.39 is 62.4 Å². The highest BCUT2D eigenvalue weighted by Crippen LogP contribution is 2.38. The molecule has 0 aliphatic rings. The molecule has 0 fully saturated rings. The summed E-state index contributed by atoms with van der Waals surface area (Å²) in [6, 6.07) is 22.7. The van der Waals surface area contributed by atoms with Gasteiger partial charge in [-0.05, 0) is 81.3 Å². The molecule has 0 unspecified atom stereocenters. The largest absolute Gasteiger partial charge is 0.417 e. The van der Waals surface area contributed by atoms with Crippen LogP contribution in [0, 0.1) is 6.92 Å². The molecule has 49 heavy (non-hydrogen) atoms. The van der Waals surface area contributed by atoms with Crippen LogP contribution in [-0.2, 0) is 38.8 Å². The van der Waals surface area contributed by atoms with E-state index in [4.69, 9.17) is 23.2 Å². The number of carbonyl (C=O) groups excluding carboxylic acids is 2. The molecule has 0 aromatic heterocycles. The summed E-state index contributed by atoms with van der Waals surface area (Å²) in [4.78, 5) is 29.5. The van der Waals surface area contributed by atoms with Gasteiger partial charge >= 0.3 is 6.18 Å². The third-order valence-corrected chi connectivity index (χ3v) is 9.84. The minimum absolute atomic E-state index is 0.0615. The van der Waals surface area contributed by atoms with E-state index in [1.165, 1.54) is 29.2 Å². The molecule has 0 radical (unpaired) electrons. The van der Waals surface area contributed by atoms with Crippen molar-refractivity contribution in [3.8, 4) is 0 Å². The standard InChI is InChI=1S/C36H36Cl2F3N3O4S/c1-24-10-17-29(18-11-24)49(47,48)44(28-16-19-31(38)30(21-28)36(39,40)41)23-33(45)43(22-26-12-14-27(37)15-13-26)32(34(46)42-35(2,3)4)20-25-8-6-5-7-9-25/h5-19,21,32H,20,22-23H2,1-4H3,(H,42,46)/t32-/m1/s1. The molecule has 4 aromatic rings. The van der Waals surface area contributed by atoms with Gasteiger partial charge in [0.25, 0.3) is 10.0 Å². The zero-order valence-electron chi connectivity index (χ0n) is 27.3. The third kappa shape index (κ3) is 9.99. The van der Waals surface area contributed by atoms with Crippen molar-refractivity contribution >= 4 is 50.7 Å². The predicted molar refractivity (Wildman–Crippen MR) is 186 cm³/mol. The fourth-order valence-electron chi connectivity index (χ4n) is 5.05. The van der Waals surface area contributed by atoms with Crippen molar-refractivity contribution in [3.63, 3.8) is 0 Å². The van der Waals surface area contributed by atoms with E-state index in [0.717, 1.165) is 23.3 Å². The number of alkyl halides is 3. The smallest absolute Gasteiger partial charge is 0.350 e. The lowest BCUT2D eigenvalue weighted by atomic mass is 10.0. The van der Waals surface area contributed by atoms with Gasteiger partial charge in [0.05, 0.1) is 21.2 Å². The summed E-state index contributed by atoms with van der Waals surface area (Å²) in [6.07, 6.45) is -4.85. The van der Waals surface area contributed by atoms with Gasteiger partial charge in [-0.3, -0.25) is 13.9 Å². The molecule has 0 spiro atoms. The van der Waals surface area contributed by atoms with Gasteiger partial charge in [-0.15, -0.1) is 0 Å². The Morgan fingerprint density at radius 1 is 0.837 bits per heavy atom. The Bertz CT molecular complexity index is 1880. The number of rotatable bonds is 11. The summed E-state index contributed by atoms with van der Waals surface area (Å²) in [5, 5.41) is 2.72. The summed E-state index contributed by atoms with van der Waals surface area (Å²) in [5.41, 5.74) is -0.349. The van der Waals surface area contributed by atoms with Crippen LogP contribution in [0.3, 0.4) is 0 Å². The summed E-state index contributed by atoms with van der Waals surface area (Å²) in [7, 11) is -4.63. The number of benzene rings is 4. The molecule has 0 aliphatic carbocycles. The Morgan fingerprint density at radius 2 is 1.45 bits per heavy atom. The lowest BCUT2D eigenvalue weighted by molar-refractivity contribution is -0.140. The number of carbonyl (C=O) groups is 2. The first-order chi connectivity index (χ1) is 22.8. The number of nitrogens with zero attached hydrogens (tertiary/aromatic N) is 2. The molecule has 260 valence electrons. The maximum absolute atomic E-state index is 14.5. The highest BCUT2D eigenvalue weighted by Gasteiger charge is 2.38. The molecular formula is C36H36Cl2F3N3O4S. The van der Waals surface area contributed by atoms with Crippen LogP contribution in [0.25, 0.3) is 0 Å². The lowest BCUT2D eigenvalue weighted by Crippen LogP contribution is -2.56. The second kappa shape index (κ2) is 15.2. The zero-order valence-corrected chi connectivity index (χ0v) is 29.6. The normalized spacial score (nSPS) is 12.7. The average molecular weight is 735 g/mol. The Balaban J connectivity index is 1.88. The second-order valence-electron chi connectivity index (χ2n) is 12.6. The summed E-state index contributed by atoms with van der Waals surface area (Å²) < 4.78 is 70.9. The molecule has 2 amide bonds. The Hall–Kier alpha value is -4.06. The van der Waals surface area contributed by atoms with E-state index in [9.17, 15) is 31.2 Å². The maximum Gasteiger partial charge on any atom is 0.417 e. The predicted octanol–water partition coefficient (Wildman–Crippen LogP) is 8.07. The highest BCUT2D eigenvalue weighted by molar-refractivity contribution is 7.92. The number of halogens is 5. The van der Waals surface area contributed by atoms with Crippen molar-refractivity contribution in [1.82, 2.24) is 10.2 Å². The van der Waals surface area contributed by atoms with E-state index in [0.29, 0.717) is 21.0 Å². The summed E-state index contributed by atoms with van der Waals surface area (Å²) in [6.45, 7) is 6.02. The first kappa shape index (κ1) is 37.8. The van der Waals surface area contributed by atoms with Crippen molar-refractivity contribution in [1.29, 1.82) is 0 Å². The van der Waals surface area contributed by atoms with Crippen LogP contribution in [0.1, 0.15) is 43.0 Å². The van der Waals surface area contributed by atoms with Crippen LogP contribution < -0.4 is 9.62 Å². The van der Waals surface area contributed by atoms with E-state index in [2.05, 4.69) is 5.32 Å². The fraction of sp³-hybridized carbons (Fsp3) is 0.278. The van der Waals surface area contributed by atoms with Crippen molar-refractivity contribution in [2.75, 3.05) is 10.8 Å². The van der Waals surface area contributed by atoms with Crippen LogP contribution in [-0.4, -0.2) is 43.3 Å². The van der Waals surface area contributed by atoms with Crippen LogP contribution in [0.2, 0.25) is 10.0 Å². The van der Waals surface area contributed by atoms with Gasteiger partial charge in [-0.1, -0.05) is 83.4 Å². The molecule has 4 rings (SSSR count). The van der Waals surface area contributed by atoms with Gasteiger partial charge in [-0.2, -0.15) is 13.2 Å². The van der Waals surface area contributed by atoms with Crippen molar-refractivity contribution in [2.24, 2.45) is 0 Å². The van der Waals surface area contributed by atoms with Gasteiger partial charge in [0.1, 0.15) is 12.6 Å². The van der Waals surface area contributed by atoms with Crippen LogP contribution in [0.5, 0.6) is 0 Å². The number of hydrogen-bond acceptors (Lipinski definition) is 4. The SMILES string of the molecule is Cc1ccc(S(=O)(=O)N(CC(=O)N(Cc2ccc(Cl)cc2)[C@H](Cc2ccccc2)C(=O)NC(C)(C)C)c2ccc(Cl)c(C(F)(F)F)c2)cc1. The van der Waals surface area contributed by atoms with Gasteiger partial charge < -0.3 is 10.2 Å². The molecule has 1 atom stereocenters. The van der Waals surface area contributed by atoms with Crippen molar-refractivity contribution in [2.45, 2.75) is 63.3 Å². The minimum atomic E-state index is -4.91. The van der Waals surface area contributed by atoms with Gasteiger partial charge in [-0.25, -0.2) is 8.42 Å². The van der Waals surface area contributed by atoms with Crippen LogP contribution >= 0.6 is 23.2 Å². The summed E-state index contributed by atoms with van der Waals surface area (Å²) >= 11 is 12.0. The van der Waals surface area contributed by atoms with Gasteiger partial charge in [0.15, 0.2) is 0 Å². The number of aryl methyl sites for hydroxylation is 1. The molecule has 1 N–H and O–H groups in total. The summed E-state index contributed by atoms with van der Waals surface area (Å²) in [5.74, 6) is -1.34. The van der Waals surface area contributed by atoms with Crippen molar-refractivity contribution < 1.29 is 31.2 Å². The quantitative estimate of drug-likeness (QED) is 0.169. The molecule has 7 nitrogen and oxygen atoms in total. The first-order valence-corrected chi connectivity index (χ1v) is 17.4. The monoisotopic (exact) mass is 733 g/mol. The molecule has 13 heteroatoms. The Labute approximate surface area is 294 Å². The Kier molecular flexibility index (Phi) is 11.7. The fourth-order valence-corrected chi connectivity index (χ4v) is 6.80. The Morgan fingerprint density at radius 3 is 2.02 bits per heavy atom. The molecule has 0 saturated heterocycles. The average Bonchev–Trinajstić information content (AvgIpc) is 3.02. The number of amides is 2. The molecular weight excluding hydrogens is 698 g/mol.